The van der Waals surface area contributed by atoms with Gasteiger partial charge in [0.25, 0.3) is 5.91 Å². The molecule has 0 saturated heterocycles. The zero-order valence-corrected chi connectivity index (χ0v) is 19.2. The standard InChI is InChI=1S/C22H22ClN5O3S/c1-27(2)13-19(29)28-10-9-14-11-15(7-8-16(14)12-28)20(30)24-21-25-26-22(32-21)31-18-6-4-3-5-17(18)23/h3-8,11H,9-10,12-13H2,1-2H3,(H,24,25,30). The second-order valence-corrected chi connectivity index (χ2v) is 8.99. The first-order valence-corrected chi connectivity index (χ1v) is 11.2. The van der Waals surface area contributed by atoms with Crippen LogP contribution in [0.1, 0.15) is 21.5 Å². The quantitative estimate of drug-likeness (QED) is 0.590. The Morgan fingerprint density at radius 3 is 2.78 bits per heavy atom. The Labute approximate surface area is 194 Å². The summed E-state index contributed by atoms with van der Waals surface area (Å²) in [6.45, 7) is 1.59. The maximum absolute atomic E-state index is 12.7. The van der Waals surface area contributed by atoms with Crippen LogP contribution in [-0.4, -0.2) is 59.0 Å². The molecule has 8 nitrogen and oxygen atoms in total. The lowest BCUT2D eigenvalue weighted by molar-refractivity contribution is -0.132. The van der Waals surface area contributed by atoms with Crippen LogP contribution in [0.25, 0.3) is 0 Å². The van der Waals surface area contributed by atoms with Gasteiger partial charge in [0.15, 0.2) is 0 Å². The number of rotatable bonds is 6. The van der Waals surface area contributed by atoms with Crippen molar-refractivity contribution < 1.29 is 14.3 Å². The highest BCUT2D eigenvalue weighted by Gasteiger charge is 2.22. The monoisotopic (exact) mass is 471 g/mol. The zero-order valence-electron chi connectivity index (χ0n) is 17.7. The number of halogens is 1. The lowest BCUT2D eigenvalue weighted by Gasteiger charge is -2.30. The lowest BCUT2D eigenvalue weighted by Crippen LogP contribution is -2.40. The number of carbonyl (C=O) groups is 2. The molecule has 0 unspecified atom stereocenters. The first-order chi connectivity index (χ1) is 15.4. The van der Waals surface area contributed by atoms with Crippen molar-refractivity contribution in [3.63, 3.8) is 0 Å². The van der Waals surface area contributed by atoms with Crippen LogP contribution in [-0.2, 0) is 17.8 Å². The van der Waals surface area contributed by atoms with E-state index in [1.807, 2.05) is 36.0 Å². The van der Waals surface area contributed by atoms with E-state index < -0.39 is 0 Å². The minimum atomic E-state index is -0.278. The summed E-state index contributed by atoms with van der Waals surface area (Å²) in [5.41, 5.74) is 2.67. The normalized spacial score (nSPS) is 13.1. The number of carbonyl (C=O) groups excluding carboxylic acids is 2. The number of anilines is 1. The Balaban J connectivity index is 1.39. The molecule has 3 aromatic rings. The molecule has 0 radical (unpaired) electrons. The van der Waals surface area contributed by atoms with Crippen molar-refractivity contribution in [3.05, 3.63) is 64.2 Å². The zero-order chi connectivity index (χ0) is 22.7. The summed E-state index contributed by atoms with van der Waals surface area (Å²) in [7, 11) is 3.76. The molecule has 0 atom stereocenters. The summed E-state index contributed by atoms with van der Waals surface area (Å²) in [5.74, 6) is 0.295. The number of likely N-dealkylation sites (N-methyl/N-ethyl adjacent to an activating group) is 1. The molecule has 2 aromatic carbocycles. The van der Waals surface area contributed by atoms with Gasteiger partial charge in [0.05, 0.1) is 11.6 Å². The maximum atomic E-state index is 12.7. The average molecular weight is 472 g/mol. The van der Waals surface area contributed by atoms with Crippen molar-refractivity contribution in [2.24, 2.45) is 0 Å². The Kier molecular flexibility index (Phi) is 6.69. The second-order valence-electron chi connectivity index (χ2n) is 7.65. The fourth-order valence-electron chi connectivity index (χ4n) is 3.37. The number of para-hydroxylation sites is 1. The van der Waals surface area contributed by atoms with E-state index in [1.165, 1.54) is 0 Å². The largest absolute Gasteiger partial charge is 0.428 e. The van der Waals surface area contributed by atoms with Gasteiger partial charge >= 0.3 is 5.19 Å². The molecule has 1 aromatic heterocycles. The molecular formula is C22H22ClN5O3S. The summed E-state index contributed by atoms with van der Waals surface area (Å²) in [6, 6.07) is 12.6. The Morgan fingerprint density at radius 1 is 1.19 bits per heavy atom. The van der Waals surface area contributed by atoms with Gasteiger partial charge < -0.3 is 14.5 Å². The minimum Gasteiger partial charge on any atom is -0.428 e. The highest BCUT2D eigenvalue weighted by Crippen LogP contribution is 2.32. The van der Waals surface area contributed by atoms with Crippen molar-refractivity contribution in [1.29, 1.82) is 0 Å². The molecule has 1 N–H and O–H groups in total. The Hall–Kier alpha value is -3.01. The van der Waals surface area contributed by atoms with Crippen molar-refractivity contribution in [2.75, 3.05) is 32.5 Å². The van der Waals surface area contributed by atoms with Crippen molar-refractivity contribution in [2.45, 2.75) is 13.0 Å². The molecule has 0 fully saturated rings. The summed E-state index contributed by atoms with van der Waals surface area (Å²) < 4.78 is 5.63. The predicted octanol–water partition coefficient (Wildman–Crippen LogP) is 3.68. The smallest absolute Gasteiger partial charge is 0.301 e. The fraction of sp³-hybridized carbons (Fsp3) is 0.273. The van der Waals surface area contributed by atoms with Crippen LogP contribution in [0.2, 0.25) is 5.02 Å². The Bertz CT molecular complexity index is 1150. The lowest BCUT2D eigenvalue weighted by atomic mass is 9.97. The third-order valence-electron chi connectivity index (χ3n) is 4.95. The highest BCUT2D eigenvalue weighted by atomic mass is 35.5. The molecular weight excluding hydrogens is 450 g/mol. The van der Waals surface area contributed by atoms with Crippen molar-refractivity contribution >= 4 is 39.9 Å². The Morgan fingerprint density at radius 2 is 2.00 bits per heavy atom. The highest BCUT2D eigenvalue weighted by molar-refractivity contribution is 7.17. The van der Waals surface area contributed by atoms with Gasteiger partial charge in [-0.05, 0) is 67.2 Å². The van der Waals surface area contributed by atoms with E-state index in [-0.39, 0.29) is 17.0 Å². The molecule has 10 heteroatoms. The molecule has 32 heavy (non-hydrogen) atoms. The second kappa shape index (κ2) is 9.64. The number of amides is 2. The molecule has 4 rings (SSSR count). The van der Waals surface area contributed by atoms with Gasteiger partial charge in [0.1, 0.15) is 5.75 Å². The van der Waals surface area contributed by atoms with Crippen LogP contribution in [0.4, 0.5) is 5.13 Å². The van der Waals surface area contributed by atoms with Crippen LogP contribution in [0.15, 0.2) is 42.5 Å². The van der Waals surface area contributed by atoms with Gasteiger partial charge in [0.2, 0.25) is 11.0 Å². The van der Waals surface area contributed by atoms with E-state index >= 15 is 0 Å². The summed E-state index contributed by atoms with van der Waals surface area (Å²) in [6.07, 6.45) is 0.713. The van der Waals surface area contributed by atoms with Gasteiger partial charge in [-0.25, -0.2) is 0 Å². The number of nitrogens with zero attached hydrogens (tertiary/aromatic N) is 4. The molecule has 0 spiro atoms. The van der Waals surface area contributed by atoms with Gasteiger partial charge in [-0.15, -0.1) is 5.10 Å². The molecule has 2 heterocycles. The summed E-state index contributed by atoms with van der Waals surface area (Å²) >= 11 is 7.20. The number of fused-ring (bicyclic) bond motifs is 1. The first-order valence-electron chi connectivity index (χ1n) is 10.0. The number of hydrogen-bond acceptors (Lipinski definition) is 7. The first kappa shape index (κ1) is 22.2. The van der Waals surface area contributed by atoms with E-state index in [1.54, 1.807) is 30.3 Å². The molecule has 2 amide bonds. The number of ether oxygens (including phenoxy) is 1. The number of hydrogen-bond donors (Lipinski definition) is 1. The average Bonchev–Trinajstić information content (AvgIpc) is 3.20. The summed E-state index contributed by atoms with van der Waals surface area (Å²) in [4.78, 5) is 28.8. The van der Waals surface area contributed by atoms with Crippen LogP contribution in [0, 0.1) is 0 Å². The maximum Gasteiger partial charge on any atom is 0.301 e. The van der Waals surface area contributed by atoms with Gasteiger partial charge in [-0.3, -0.25) is 14.9 Å². The van der Waals surface area contributed by atoms with E-state index in [9.17, 15) is 9.59 Å². The molecule has 1 aliphatic heterocycles. The third-order valence-corrected chi connectivity index (χ3v) is 5.97. The van der Waals surface area contributed by atoms with Crippen LogP contribution in [0.5, 0.6) is 10.9 Å². The topological polar surface area (TPSA) is 87.7 Å². The number of aromatic nitrogens is 2. The van der Waals surface area contributed by atoms with Gasteiger partial charge in [-0.2, -0.15) is 0 Å². The molecule has 166 valence electrons. The predicted molar refractivity (Wildman–Crippen MR) is 124 cm³/mol. The molecule has 0 bridgehead atoms. The SMILES string of the molecule is CN(C)CC(=O)N1CCc2cc(C(=O)Nc3nnc(Oc4ccccc4Cl)s3)ccc2C1. The van der Waals surface area contributed by atoms with E-state index in [4.69, 9.17) is 16.3 Å². The molecule has 1 aliphatic rings. The van der Waals surface area contributed by atoms with Gasteiger partial charge in [-0.1, -0.05) is 34.9 Å². The number of nitrogens with one attached hydrogen (secondary N) is 1. The third kappa shape index (κ3) is 5.24. The van der Waals surface area contributed by atoms with Crippen LogP contribution in [0.3, 0.4) is 0 Å². The van der Waals surface area contributed by atoms with E-state index in [2.05, 4.69) is 15.5 Å². The van der Waals surface area contributed by atoms with Crippen molar-refractivity contribution in [3.8, 4) is 10.9 Å². The number of benzene rings is 2. The minimum absolute atomic E-state index is 0.105. The van der Waals surface area contributed by atoms with Crippen LogP contribution >= 0.6 is 22.9 Å². The molecule has 0 saturated carbocycles. The molecule has 0 aliphatic carbocycles. The summed E-state index contributed by atoms with van der Waals surface area (Å²) in [5, 5.41) is 11.7. The fourth-order valence-corrected chi connectivity index (χ4v) is 4.15. The van der Waals surface area contributed by atoms with Crippen LogP contribution < -0.4 is 10.1 Å². The van der Waals surface area contributed by atoms with E-state index in [0.717, 1.165) is 22.5 Å². The van der Waals surface area contributed by atoms with Gasteiger partial charge in [0, 0.05) is 18.7 Å². The van der Waals surface area contributed by atoms with Crippen molar-refractivity contribution in [1.82, 2.24) is 20.0 Å². The van der Waals surface area contributed by atoms with E-state index in [0.29, 0.717) is 47.5 Å².